The van der Waals surface area contributed by atoms with Crippen molar-refractivity contribution in [3.8, 4) is 11.5 Å². The van der Waals surface area contributed by atoms with Gasteiger partial charge >= 0.3 is 6.18 Å². The van der Waals surface area contributed by atoms with Crippen molar-refractivity contribution < 1.29 is 17.9 Å². The SMILES string of the molecule is CCC(C)(C)c1ccc(Oc2ccc(C(F)(F)F)cc2)cc1. The smallest absolute Gasteiger partial charge is 0.416 e. The molecule has 2 rings (SSSR count). The van der Waals surface area contributed by atoms with Gasteiger partial charge in [-0.3, -0.25) is 0 Å². The number of alkyl halides is 3. The summed E-state index contributed by atoms with van der Waals surface area (Å²) >= 11 is 0. The van der Waals surface area contributed by atoms with Gasteiger partial charge in [0, 0.05) is 0 Å². The Morgan fingerprint density at radius 2 is 1.18 bits per heavy atom. The zero-order chi connectivity index (χ0) is 16.4. The van der Waals surface area contributed by atoms with Gasteiger partial charge < -0.3 is 4.74 Å². The van der Waals surface area contributed by atoms with E-state index in [1.54, 1.807) is 0 Å². The highest BCUT2D eigenvalue weighted by Crippen LogP contribution is 2.32. The minimum atomic E-state index is -4.33. The number of halogens is 3. The predicted molar refractivity (Wildman–Crippen MR) is 81.3 cm³/mol. The van der Waals surface area contributed by atoms with Crippen LogP contribution in [0.15, 0.2) is 48.5 Å². The maximum absolute atomic E-state index is 12.5. The Labute approximate surface area is 128 Å². The molecule has 0 atom stereocenters. The van der Waals surface area contributed by atoms with E-state index in [4.69, 9.17) is 4.74 Å². The summed E-state index contributed by atoms with van der Waals surface area (Å²) in [6.07, 6.45) is -3.31. The summed E-state index contributed by atoms with van der Waals surface area (Å²) in [7, 11) is 0. The fourth-order valence-corrected chi connectivity index (χ4v) is 2.03. The standard InChI is InChI=1S/C18H19F3O/c1-4-17(2,3)13-5-9-15(10-6-13)22-16-11-7-14(8-12-16)18(19,20)21/h5-12H,4H2,1-3H3. The van der Waals surface area contributed by atoms with Gasteiger partial charge in [-0.25, -0.2) is 0 Å². The zero-order valence-corrected chi connectivity index (χ0v) is 12.9. The average molecular weight is 308 g/mol. The largest absolute Gasteiger partial charge is 0.457 e. The van der Waals surface area contributed by atoms with Crippen molar-refractivity contribution in [1.82, 2.24) is 0 Å². The van der Waals surface area contributed by atoms with E-state index in [9.17, 15) is 13.2 Å². The molecule has 0 radical (unpaired) electrons. The molecule has 2 aromatic carbocycles. The second-order valence-corrected chi connectivity index (χ2v) is 5.89. The molecule has 0 amide bonds. The first kappa shape index (κ1) is 16.4. The highest BCUT2D eigenvalue weighted by molar-refractivity contribution is 5.36. The Morgan fingerprint density at radius 3 is 1.55 bits per heavy atom. The quantitative estimate of drug-likeness (QED) is 0.654. The van der Waals surface area contributed by atoms with E-state index in [0.29, 0.717) is 11.5 Å². The molecule has 0 aliphatic heterocycles. The first-order chi connectivity index (χ1) is 10.2. The molecular weight excluding hydrogens is 289 g/mol. The van der Waals surface area contributed by atoms with E-state index in [0.717, 1.165) is 18.6 Å². The summed E-state index contributed by atoms with van der Waals surface area (Å²) in [5, 5.41) is 0. The van der Waals surface area contributed by atoms with Gasteiger partial charge in [0.15, 0.2) is 0 Å². The van der Waals surface area contributed by atoms with Crippen molar-refractivity contribution in [3.05, 3.63) is 59.7 Å². The molecule has 4 heteroatoms. The summed E-state index contributed by atoms with van der Waals surface area (Å²) in [6, 6.07) is 12.3. The van der Waals surface area contributed by atoms with Crippen LogP contribution >= 0.6 is 0 Å². The van der Waals surface area contributed by atoms with Gasteiger partial charge in [-0.05, 0) is 53.8 Å². The maximum atomic E-state index is 12.5. The lowest BCUT2D eigenvalue weighted by atomic mass is 9.82. The minimum absolute atomic E-state index is 0.0902. The van der Waals surface area contributed by atoms with E-state index in [2.05, 4.69) is 20.8 Å². The number of ether oxygens (including phenoxy) is 1. The van der Waals surface area contributed by atoms with Crippen molar-refractivity contribution in [2.75, 3.05) is 0 Å². The second kappa shape index (κ2) is 6.03. The number of hydrogen-bond donors (Lipinski definition) is 0. The Hall–Kier alpha value is -1.97. The van der Waals surface area contributed by atoms with Crippen LogP contribution < -0.4 is 4.74 Å². The van der Waals surface area contributed by atoms with Crippen LogP contribution in [0, 0.1) is 0 Å². The molecule has 0 unspecified atom stereocenters. The zero-order valence-electron chi connectivity index (χ0n) is 12.9. The highest BCUT2D eigenvalue weighted by atomic mass is 19.4. The van der Waals surface area contributed by atoms with Crippen LogP contribution in [0.25, 0.3) is 0 Å². The molecule has 0 bridgehead atoms. The molecule has 0 aliphatic carbocycles. The first-order valence-corrected chi connectivity index (χ1v) is 7.18. The molecule has 0 spiro atoms. The molecule has 0 saturated carbocycles. The minimum Gasteiger partial charge on any atom is -0.457 e. The first-order valence-electron chi connectivity index (χ1n) is 7.18. The topological polar surface area (TPSA) is 9.23 Å². The molecule has 118 valence electrons. The van der Waals surface area contributed by atoms with E-state index in [1.807, 2.05) is 24.3 Å². The van der Waals surface area contributed by atoms with Crippen molar-refractivity contribution >= 4 is 0 Å². The van der Waals surface area contributed by atoms with E-state index < -0.39 is 11.7 Å². The summed E-state index contributed by atoms with van der Waals surface area (Å²) in [5.41, 5.74) is 0.613. The molecule has 0 aromatic heterocycles. The molecule has 0 aliphatic rings. The third-order valence-electron chi connectivity index (χ3n) is 3.94. The van der Waals surface area contributed by atoms with Gasteiger partial charge in [-0.2, -0.15) is 13.2 Å². The van der Waals surface area contributed by atoms with Crippen molar-refractivity contribution in [2.24, 2.45) is 0 Å². The molecular formula is C18H19F3O. The average Bonchev–Trinajstić information content (AvgIpc) is 2.47. The lowest BCUT2D eigenvalue weighted by Crippen LogP contribution is -2.14. The Bertz CT molecular complexity index is 610. The Balaban J connectivity index is 2.11. The van der Waals surface area contributed by atoms with Gasteiger partial charge in [0.2, 0.25) is 0 Å². The third-order valence-corrected chi connectivity index (χ3v) is 3.94. The predicted octanol–water partition coefficient (Wildman–Crippen LogP) is 6.19. The second-order valence-electron chi connectivity index (χ2n) is 5.89. The van der Waals surface area contributed by atoms with Gasteiger partial charge in [0.05, 0.1) is 5.56 Å². The van der Waals surface area contributed by atoms with Gasteiger partial charge in [0.25, 0.3) is 0 Å². The van der Waals surface area contributed by atoms with Gasteiger partial charge in [0.1, 0.15) is 11.5 Å². The van der Waals surface area contributed by atoms with Crippen LogP contribution in [0.2, 0.25) is 0 Å². The maximum Gasteiger partial charge on any atom is 0.416 e. The fraction of sp³-hybridized carbons (Fsp3) is 0.333. The highest BCUT2D eigenvalue weighted by Gasteiger charge is 2.30. The molecule has 22 heavy (non-hydrogen) atoms. The van der Waals surface area contributed by atoms with Crippen LogP contribution in [-0.2, 0) is 11.6 Å². The van der Waals surface area contributed by atoms with E-state index in [1.165, 1.54) is 17.7 Å². The lowest BCUT2D eigenvalue weighted by molar-refractivity contribution is -0.137. The summed E-state index contributed by atoms with van der Waals surface area (Å²) in [5.74, 6) is 0.992. The van der Waals surface area contributed by atoms with Crippen LogP contribution in [0.1, 0.15) is 38.3 Å². The third kappa shape index (κ3) is 3.81. The molecule has 0 heterocycles. The van der Waals surface area contributed by atoms with Crippen LogP contribution in [0.4, 0.5) is 13.2 Å². The molecule has 2 aromatic rings. The molecule has 1 nitrogen and oxygen atoms in total. The summed E-state index contributed by atoms with van der Waals surface area (Å²) < 4.78 is 43.1. The molecule has 0 saturated heterocycles. The Morgan fingerprint density at radius 1 is 0.773 bits per heavy atom. The van der Waals surface area contributed by atoms with Crippen LogP contribution in [-0.4, -0.2) is 0 Å². The van der Waals surface area contributed by atoms with Gasteiger partial charge in [-0.1, -0.05) is 32.9 Å². The number of rotatable bonds is 4. The lowest BCUT2D eigenvalue weighted by Gasteiger charge is -2.23. The number of benzene rings is 2. The fourth-order valence-electron chi connectivity index (χ4n) is 2.03. The summed E-state index contributed by atoms with van der Waals surface area (Å²) in [4.78, 5) is 0. The van der Waals surface area contributed by atoms with Crippen molar-refractivity contribution in [3.63, 3.8) is 0 Å². The van der Waals surface area contributed by atoms with Crippen LogP contribution in [0.5, 0.6) is 11.5 Å². The summed E-state index contributed by atoms with van der Waals surface area (Å²) in [6.45, 7) is 6.46. The number of hydrogen-bond acceptors (Lipinski definition) is 1. The van der Waals surface area contributed by atoms with Gasteiger partial charge in [-0.15, -0.1) is 0 Å². The molecule has 0 fully saturated rings. The normalized spacial score (nSPS) is 12.3. The van der Waals surface area contributed by atoms with Crippen molar-refractivity contribution in [2.45, 2.75) is 38.8 Å². The Kier molecular flexibility index (Phi) is 4.50. The monoisotopic (exact) mass is 308 g/mol. The molecule has 0 N–H and O–H groups in total. The van der Waals surface area contributed by atoms with Crippen molar-refractivity contribution in [1.29, 1.82) is 0 Å². The van der Waals surface area contributed by atoms with E-state index >= 15 is 0 Å². The van der Waals surface area contributed by atoms with E-state index in [-0.39, 0.29) is 5.41 Å². The van der Waals surface area contributed by atoms with Crippen LogP contribution in [0.3, 0.4) is 0 Å².